The quantitative estimate of drug-likeness (QED) is 0.289. The van der Waals surface area contributed by atoms with Gasteiger partial charge in [-0.3, -0.25) is 14.8 Å². The molecule has 5 nitrogen and oxygen atoms in total. The lowest BCUT2D eigenvalue weighted by Gasteiger charge is -2.06. The Balaban J connectivity index is 1.70. The van der Waals surface area contributed by atoms with Crippen LogP contribution < -0.4 is 10.2 Å². The third-order valence-electron chi connectivity index (χ3n) is 3.84. The molecule has 0 spiro atoms. The van der Waals surface area contributed by atoms with Gasteiger partial charge in [-0.1, -0.05) is 31.0 Å². The molecular formula is C20H23NO4. The van der Waals surface area contributed by atoms with E-state index in [0.717, 1.165) is 25.0 Å². The molecule has 0 atom stereocenters. The van der Waals surface area contributed by atoms with E-state index in [1.165, 1.54) is 0 Å². The number of carbonyl (C=O) groups is 2. The van der Waals surface area contributed by atoms with Gasteiger partial charge in [0.2, 0.25) is 5.91 Å². The third kappa shape index (κ3) is 6.77. The van der Waals surface area contributed by atoms with Gasteiger partial charge in [-0.2, -0.15) is 0 Å². The number of unbranched alkanes of at least 4 members (excludes halogenated alkanes) is 3. The van der Waals surface area contributed by atoms with Crippen molar-refractivity contribution in [3.05, 3.63) is 60.2 Å². The first-order chi connectivity index (χ1) is 12.2. The van der Waals surface area contributed by atoms with Crippen molar-refractivity contribution in [2.24, 2.45) is 0 Å². The van der Waals surface area contributed by atoms with Gasteiger partial charge in [0.25, 0.3) is 0 Å². The molecule has 0 bridgehead atoms. The fraction of sp³-hybridized carbons (Fsp3) is 0.300. The minimum Gasteiger partial charge on any atom is -0.457 e. The SMILES string of the molecule is O=C(CCCCCCC(=O)c1ccc(Oc2ccccc2)cc1)NO. The van der Waals surface area contributed by atoms with Gasteiger partial charge in [-0.15, -0.1) is 0 Å². The highest BCUT2D eigenvalue weighted by atomic mass is 16.5. The van der Waals surface area contributed by atoms with Crippen LogP contribution in [0.1, 0.15) is 48.9 Å². The average molecular weight is 341 g/mol. The Kier molecular flexibility index (Phi) is 7.66. The van der Waals surface area contributed by atoms with Crippen molar-refractivity contribution in [3.8, 4) is 11.5 Å². The monoisotopic (exact) mass is 341 g/mol. The molecule has 0 fully saturated rings. The number of para-hydroxylation sites is 1. The minimum atomic E-state index is -0.367. The number of carbonyl (C=O) groups excluding carboxylic acids is 2. The fourth-order valence-corrected chi connectivity index (χ4v) is 2.46. The van der Waals surface area contributed by atoms with Crippen molar-refractivity contribution in [3.63, 3.8) is 0 Å². The normalized spacial score (nSPS) is 10.3. The third-order valence-corrected chi connectivity index (χ3v) is 3.84. The van der Waals surface area contributed by atoms with Crippen molar-refractivity contribution < 1.29 is 19.5 Å². The molecule has 0 aromatic heterocycles. The summed E-state index contributed by atoms with van der Waals surface area (Å²) < 4.78 is 5.71. The molecule has 0 aliphatic heterocycles. The number of rotatable bonds is 10. The molecule has 0 heterocycles. The molecule has 1 amide bonds. The van der Waals surface area contributed by atoms with E-state index >= 15 is 0 Å². The number of benzene rings is 2. The van der Waals surface area contributed by atoms with E-state index < -0.39 is 0 Å². The van der Waals surface area contributed by atoms with Crippen LogP contribution in [-0.4, -0.2) is 16.9 Å². The summed E-state index contributed by atoms with van der Waals surface area (Å²) in [5.74, 6) is 1.20. The maximum Gasteiger partial charge on any atom is 0.243 e. The van der Waals surface area contributed by atoms with Crippen molar-refractivity contribution in [1.29, 1.82) is 0 Å². The number of hydrogen-bond acceptors (Lipinski definition) is 4. The average Bonchev–Trinajstić information content (AvgIpc) is 2.65. The van der Waals surface area contributed by atoms with E-state index in [4.69, 9.17) is 9.94 Å². The highest BCUT2D eigenvalue weighted by Gasteiger charge is 2.06. The number of hydroxylamine groups is 1. The largest absolute Gasteiger partial charge is 0.457 e. The Morgan fingerprint density at radius 2 is 1.40 bits per heavy atom. The predicted molar refractivity (Wildman–Crippen MR) is 94.9 cm³/mol. The smallest absolute Gasteiger partial charge is 0.243 e. The van der Waals surface area contributed by atoms with Gasteiger partial charge in [0.1, 0.15) is 11.5 Å². The van der Waals surface area contributed by atoms with Gasteiger partial charge in [0.05, 0.1) is 0 Å². The van der Waals surface area contributed by atoms with Crippen LogP contribution in [0.5, 0.6) is 11.5 Å². The summed E-state index contributed by atoms with van der Waals surface area (Å²) in [6.45, 7) is 0. The lowest BCUT2D eigenvalue weighted by molar-refractivity contribution is -0.129. The molecule has 0 saturated heterocycles. The van der Waals surface area contributed by atoms with Crippen LogP contribution in [0.2, 0.25) is 0 Å². The van der Waals surface area contributed by atoms with E-state index in [1.807, 2.05) is 30.3 Å². The summed E-state index contributed by atoms with van der Waals surface area (Å²) in [5.41, 5.74) is 2.29. The van der Waals surface area contributed by atoms with Gasteiger partial charge in [0.15, 0.2) is 5.78 Å². The second-order valence-corrected chi connectivity index (χ2v) is 5.81. The predicted octanol–water partition coefficient (Wildman–Crippen LogP) is 4.51. The number of nitrogens with one attached hydrogen (secondary N) is 1. The summed E-state index contributed by atoms with van der Waals surface area (Å²) in [7, 11) is 0. The molecule has 0 unspecified atom stereocenters. The van der Waals surface area contributed by atoms with Gasteiger partial charge in [-0.25, -0.2) is 5.48 Å². The summed E-state index contributed by atoms with van der Waals surface area (Å²) in [6.07, 6.45) is 4.07. The molecule has 5 heteroatoms. The van der Waals surface area contributed by atoms with Crippen molar-refractivity contribution in [1.82, 2.24) is 5.48 Å². The van der Waals surface area contributed by atoms with Crippen LogP contribution in [0.15, 0.2) is 54.6 Å². The standard InChI is InChI=1S/C20H23NO4/c22-19(10-6-1-2-7-11-20(23)21-24)16-12-14-18(15-13-16)25-17-8-4-3-5-9-17/h3-5,8-9,12-15,24H,1-2,6-7,10-11H2,(H,21,23). The zero-order valence-electron chi connectivity index (χ0n) is 14.1. The Hall–Kier alpha value is -2.66. The second kappa shape index (κ2) is 10.3. The van der Waals surface area contributed by atoms with Crippen LogP contribution in [0, 0.1) is 0 Å². The lowest BCUT2D eigenvalue weighted by atomic mass is 10.0. The summed E-state index contributed by atoms with van der Waals surface area (Å²) in [4.78, 5) is 23.0. The van der Waals surface area contributed by atoms with E-state index in [2.05, 4.69) is 0 Å². The van der Waals surface area contributed by atoms with Crippen molar-refractivity contribution in [2.75, 3.05) is 0 Å². The number of ether oxygens (including phenoxy) is 1. The van der Waals surface area contributed by atoms with Gasteiger partial charge in [0, 0.05) is 18.4 Å². The number of hydrogen-bond donors (Lipinski definition) is 2. The Labute approximate surface area is 147 Å². The molecule has 2 aromatic rings. The zero-order chi connectivity index (χ0) is 17.9. The van der Waals surface area contributed by atoms with Gasteiger partial charge in [-0.05, 0) is 49.2 Å². The molecule has 0 saturated carbocycles. The molecule has 2 N–H and O–H groups in total. The minimum absolute atomic E-state index is 0.111. The van der Waals surface area contributed by atoms with Crippen LogP contribution in [0.4, 0.5) is 0 Å². The molecule has 25 heavy (non-hydrogen) atoms. The fourth-order valence-electron chi connectivity index (χ4n) is 2.46. The van der Waals surface area contributed by atoms with Crippen LogP contribution in [-0.2, 0) is 4.79 Å². The molecule has 2 aromatic carbocycles. The van der Waals surface area contributed by atoms with Crippen molar-refractivity contribution in [2.45, 2.75) is 38.5 Å². The Morgan fingerprint density at radius 1 is 0.800 bits per heavy atom. The first-order valence-corrected chi connectivity index (χ1v) is 8.48. The summed E-state index contributed by atoms with van der Waals surface area (Å²) in [6, 6.07) is 16.7. The van der Waals surface area contributed by atoms with Gasteiger partial charge >= 0.3 is 0 Å². The Bertz CT molecular complexity index is 668. The van der Waals surface area contributed by atoms with Gasteiger partial charge < -0.3 is 4.74 Å². The number of Topliss-reactive ketones (excluding diaryl/α,β-unsaturated/α-hetero) is 1. The molecule has 0 aliphatic rings. The van der Waals surface area contributed by atoms with Crippen LogP contribution in [0.3, 0.4) is 0 Å². The van der Waals surface area contributed by atoms with E-state index in [9.17, 15) is 9.59 Å². The van der Waals surface area contributed by atoms with Crippen LogP contribution >= 0.6 is 0 Å². The molecule has 132 valence electrons. The highest BCUT2D eigenvalue weighted by Crippen LogP contribution is 2.21. The maximum absolute atomic E-state index is 12.2. The van der Waals surface area contributed by atoms with Crippen LogP contribution in [0.25, 0.3) is 0 Å². The van der Waals surface area contributed by atoms with E-state index in [1.54, 1.807) is 29.7 Å². The Morgan fingerprint density at radius 3 is 2.04 bits per heavy atom. The molecular weight excluding hydrogens is 318 g/mol. The number of ketones is 1. The first-order valence-electron chi connectivity index (χ1n) is 8.48. The lowest BCUT2D eigenvalue weighted by Crippen LogP contribution is -2.17. The van der Waals surface area contributed by atoms with Crippen molar-refractivity contribution >= 4 is 11.7 Å². The zero-order valence-corrected chi connectivity index (χ0v) is 14.1. The second-order valence-electron chi connectivity index (χ2n) is 5.81. The molecule has 0 aliphatic carbocycles. The topological polar surface area (TPSA) is 75.6 Å². The molecule has 0 radical (unpaired) electrons. The summed E-state index contributed by atoms with van der Waals surface area (Å²) >= 11 is 0. The number of amides is 1. The summed E-state index contributed by atoms with van der Waals surface area (Å²) in [5, 5.41) is 8.39. The maximum atomic E-state index is 12.2. The van der Waals surface area contributed by atoms with E-state index in [-0.39, 0.29) is 11.7 Å². The van der Waals surface area contributed by atoms with E-state index in [0.29, 0.717) is 30.6 Å². The highest BCUT2D eigenvalue weighted by molar-refractivity contribution is 5.96. The molecule has 2 rings (SSSR count). The first kappa shape index (κ1) is 18.7.